The zero-order valence-corrected chi connectivity index (χ0v) is 12.2. The van der Waals surface area contributed by atoms with Gasteiger partial charge in [0.15, 0.2) is 0 Å². The number of aryl methyl sites for hydroxylation is 1. The van der Waals surface area contributed by atoms with Crippen LogP contribution in [0.25, 0.3) is 10.9 Å². The highest BCUT2D eigenvalue weighted by atomic mass is 16.6. The number of aromatic nitrogens is 2. The van der Waals surface area contributed by atoms with Gasteiger partial charge in [0.25, 0.3) is 11.2 Å². The molecule has 7 nitrogen and oxygen atoms in total. The van der Waals surface area contributed by atoms with Crippen LogP contribution in [0.3, 0.4) is 0 Å². The van der Waals surface area contributed by atoms with Crippen molar-refractivity contribution in [2.45, 2.75) is 6.92 Å². The van der Waals surface area contributed by atoms with Gasteiger partial charge in [-0.2, -0.15) is 9.78 Å². The lowest BCUT2D eigenvalue weighted by molar-refractivity contribution is -0.384. The Hall–Kier alpha value is -3.35. The summed E-state index contributed by atoms with van der Waals surface area (Å²) in [5, 5.41) is 15.4. The molecule has 0 N–H and O–H groups in total. The normalized spacial score (nSPS) is 11.2. The van der Waals surface area contributed by atoms with Crippen molar-refractivity contribution in [3.05, 3.63) is 80.4 Å². The Labute approximate surface area is 130 Å². The number of para-hydroxylation sites is 1. The van der Waals surface area contributed by atoms with Gasteiger partial charge in [0.1, 0.15) is 5.82 Å². The summed E-state index contributed by atoms with van der Waals surface area (Å²) in [6.07, 6.45) is 1.40. The van der Waals surface area contributed by atoms with Crippen LogP contribution < -0.4 is 5.56 Å². The van der Waals surface area contributed by atoms with E-state index >= 15 is 0 Å². The van der Waals surface area contributed by atoms with E-state index in [0.29, 0.717) is 22.3 Å². The molecule has 0 saturated heterocycles. The van der Waals surface area contributed by atoms with E-state index in [9.17, 15) is 14.9 Å². The number of fused-ring (bicyclic) bond motifs is 1. The van der Waals surface area contributed by atoms with Crippen molar-refractivity contribution >= 4 is 22.8 Å². The fourth-order valence-electron chi connectivity index (χ4n) is 2.21. The molecule has 23 heavy (non-hydrogen) atoms. The van der Waals surface area contributed by atoms with E-state index in [0.717, 1.165) is 0 Å². The van der Waals surface area contributed by atoms with Crippen molar-refractivity contribution < 1.29 is 4.92 Å². The van der Waals surface area contributed by atoms with Crippen molar-refractivity contribution in [2.24, 2.45) is 5.10 Å². The Morgan fingerprint density at radius 1 is 1.22 bits per heavy atom. The van der Waals surface area contributed by atoms with Gasteiger partial charge in [-0.05, 0) is 19.1 Å². The van der Waals surface area contributed by atoms with Crippen LogP contribution >= 0.6 is 0 Å². The molecular weight excluding hydrogens is 296 g/mol. The summed E-state index contributed by atoms with van der Waals surface area (Å²) < 4.78 is 1.18. The van der Waals surface area contributed by atoms with Crippen LogP contribution in [0.1, 0.15) is 11.4 Å². The molecule has 0 aliphatic carbocycles. The van der Waals surface area contributed by atoms with Crippen LogP contribution in [0, 0.1) is 17.0 Å². The summed E-state index contributed by atoms with van der Waals surface area (Å²) in [4.78, 5) is 27.1. The largest absolute Gasteiger partial charge is 0.282 e. The van der Waals surface area contributed by atoms with Gasteiger partial charge in [0.05, 0.1) is 22.0 Å². The SMILES string of the molecule is Cc1nc2ccccc2c(=O)n1/N=C/c1cccc([N+](=O)[O-])c1. The zero-order valence-electron chi connectivity index (χ0n) is 12.2. The van der Waals surface area contributed by atoms with Crippen molar-refractivity contribution in [1.82, 2.24) is 9.66 Å². The fourth-order valence-corrected chi connectivity index (χ4v) is 2.21. The van der Waals surface area contributed by atoms with Gasteiger partial charge in [-0.25, -0.2) is 4.98 Å². The summed E-state index contributed by atoms with van der Waals surface area (Å²) in [5.41, 5.74) is 0.819. The van der Waals surface area contributed by atoms with Crippen molar-refractivity contribution in [1.29, 1.82) is 0 Å². The van der Waals surface area contributed by atoms with E-state index in [1.165, 1.54) is 23.0 Å². The van der Waals surface area contributed by atoms with Gasteiger partial charge in [-0.1, -0.05) is 24.3 Å². The van der Waals surface area contributed by atoms with Gasteiger partial charge in [0.2, 0.25) is 0 Å². The molecule has 2 aromatic carbocycles. The van der Waals surface area contributed by atoms with Gasteiger partial charge >= 0.3 is 0 Å². The monoisotopic (exact) mass is 308 g/mol. The second kappa shape index (κ2) is 5.80. The Balaban J connectivity index is 2.06. The minimum atomic E-state index is -0.480. The number of nitro benzene ring substituents is 1. The number of hydrogen-bond donors (Lipinski definition) is 0. The van der Waals surface area contributed by atoms with Gasteiger partial charge in [-0.3, -0.25) is 14.9 Å². The van der Waals surface area contributed by atoms with Crippen LogP contribution in [0.5, 0.6) is 0 Å². The molecule has 0 amide bonds. The number of benzene rings is 2. The molecule has 114 valence electrons. The predicted octanol–water partition coefficient (Wildman–Crippen LogP) is 2.50. The summed E-state index contributed by atoms with van der Waals surface area (Å²) in [6, 6.07) is 13.0. The minimum absolute atomic E-state index is 0.0327. The Bertz CT molecular complexity index is 992. The summed E-state index contributed by atoms with van der Waals surface area (Å²) in [5.74, 6) is 0.440. The number of nitrogens with zero attached hydrogens (tertiary/aromatic N) is 4. The first kappa shape index (κ1) is 14.6. The van der Waals surface area contributed by atoms with Crippen LogP contribution in [-0.4, -0.2) is 20.8 Å². The molecule has 0 aliphatic heterocycles. The molecule has 0 radical (unpaired) electrons. The Kier molecular flexibility index (Phi) is 3.68. The quantitative estimate of drug-likeness (QED) is 0.422. The summed E-state index contributed by atoms with van der Waals surface area (Å²) in [6.45, 7) is 1.68. The third kappa shape index (κ3) is 2.84. The topological polar surface area (TPSA) is 90.4 Å². The van der Waals surface area contributed by atoms with Crippen LogP contribution in [-0.2, 0) is 0 Å². The van der Waals surface area contributed by atoms with E-state index < -0.39 is 4.92 Å². The molecule has 0 aliphatic rings. The molecule has 1 heterocycles. The first-order chi connectivity index (χ1) is 11.1. The van der Waals surface area contributed by atoms with E-state index in [-0.39, 0.29) is 11.2 Å². The van der Waals surface area contributed by atoms with E-state index in [4.69, 9.17) is 0 Å². The number of hydrogen-bond acceptors (Lipinski definition) is 5. The predicted molar refractivity (Wildman–Crippen MR) is 86.8 cm³/mol. The molecule has 0 atom stereocenters. The average Bonchev–Trinajstić information content (AvgIpc) is 2.55. The highest BCUT2D eigenvalue weighted by Crippen LogP contribution is 2.12. The average molecular weight is 308 g/mol. The second-order valence-corrected chi connectivity index (χ2v) is 4.89. The molecule has 0 bridgehead atoms. The smallest absolute Gasteiger partial charge is 0.267 e. The lowest BCUT2D eigenvalue weighted by atomic mass is 10.2. The molecule has 3 rings (SSSR count). The molecule has 3 aromatic rings. The van der Waals surface area contributed by atoms with Crippen LogP contribution in [0.4, 0.5) is 5.69 Å². The zero-order chi connectivity index (χ0) is 16.4. The van der Waals surface area contributed by atoms with E-state index in [1.54, 1.807) is 37.3 Å². The fraction of sp³-hybridized carbons (Fsp3) is 0.0625. The maximum absolute atomic E-state index is 12.4. The third-order valence-electron chi connectivity index (χ3n) is 3.32. The number of non-ortho nitro benzene ring substituents is 1. The molecule has 7 heteroatoms. The van der Waals surface area contributed by atoms with Crippen LogP contribution in [0.15, 0.2) is 58.4 Å². The molecule has 0 spiro atoms. The number of nitro groups is 1. The van der Waals surface area contributed by atoms with E-state index in [2.05, 4.69) is 10.1 Å². The molecule has 1 aromatic heterocycles. The summed E-state index contributed by atoms with van der Waals surface area (Å²) >= 11 is 0. The van der Waals surface area contributed by atoms with Crippen molar-refractivity contribution in [3.8, 4) is 0 Å². The van der Waals surface area contributed by atoms with Crippen molar-refractivity contribution in [2.75, 3.05) is 0 Å². The first-order valence-corrected chi connectivity index (χ1v) is 6.83. The van der Waals surface area contributed by atoms with Crippen LogP contribution in [0.2, 0.25) is 0 Å². The maximum atomic E-state index is 12.4. The van der Waals surface area contributed by atoms with Gasteiger partial charge in [0, 0.05) is 17.7 Å². The standard InChI is InChI=1S/C16H12N4O3/c1-11-18-15-8-3-2-7-14(15)16(21)19(11)17-10-12-5-4-6-13(9-12)20(22)23/h2-10H,1H3/b17-10+. The van der Waals surface area contributed by atoms with Gasteiger partial charge < -0.3 is 0 Å². The lowest BCUT2D eigenvalue weighted by Gasteiger charge is -2.04. The number of rotatable bonds is 3. The molecule has 0 saturated carbocycles. The third-order valence-corrected chi connectivity index (χ3v) is 3.32. The summed E-state index contributed by atoms with van der Waals surface area (Å²) in [7, 11) is 0. The lowest BCUT2D eigenvalue weighted by Crippen LogP contribution is -2.20. The van der Waals surface area contributed by atoms with Crippen molar-refractivity contribution in [3.63, 3.8) is 0 Å². The Morgan fingerprint density at radius 2 is 2.00 bits per heavy atom. The molecule has 0 unspecified atom stereocenters. The highest BCUT2D eigenvalue weighted by Gasteiger charge is 2.07. The van der Waals surface area contributed by atoms with Gasteiger partial charge in [-0.15, -0.1) is 0 Å². The maximum Gasteiger partial charge on any atom is 0.282 e. The highest BCUT2D eigenvalue weighted by molar-refractivity contribution is 5.81. The molecule has 0 fully saturated rings. The molecular formula is C16H12N4O3. The Morgan fingerprint density at radius 3 is 2.78 bits per heavy atom. The second-order valence-electron chi connectivity index (χ2n) is 4.89. The van der Waals surface area contributed by atoms with E-state index in [1.807, 2.05) is 6.07 Å². The first-order valence-electron chi connectivity index (χ1n) is 6.83. The minimum Gasteiger partial charge on any atom is -0.267 e.